The van der Waals surface area contributed by atoms with Crippen LogP contribution in [0.2, 0.25) is 0 Å². The Morgan fingerprint density at radius 1 is 1.29 bits per heavy atom. The third kappa shape index (κ3) is 3.91. The Labute approximate surface area is 146 Å². The summed E-state index contributed by atoms with van der Waals surface area (Å²) >= 11 is 1.46. The first kappa shape index (κ1) is 17.3. The number of H-pyrrole nitrogens is 1. The quantitative estimate of drug-likeness (QED) is 0.581. The summed E-state index contributed by atoms with van der Waals surface area (Å²) in [6.45, 7) is 3.79. The van der Waals surface area contributed by atoms with Gasteiger partial charge in [0.15, 0.2) is 0 Å². The number of aromatic amines is 1. The molecule has 0 bridgehead atoms. The molecule has 1 aromatic rings. The molecular weight excluding hydrogens is 326 g/mol. The van der Waals surface area contributed by atoms with Crippen molar-refractivity contribution in [2.24, 2.45) is 5.92 Å². The van der Waals surface area contributed by atoms with Crippen LogP contribution in [-0.4, -0.2) is 49.9 Å². The summed E-state index contributed by atoms with van der Waals surface area (Å²) in [5.74, 6) is 2.19. The van der Waals surface area contributed by atoms with Gasteiger partial charge in [-0.1, -0.05) is 37.4 Å². The highest BCUT2D eigenvalue weighted by Crippen LogP contribution is 2.28. The predicted molar refractivity (Wildman–Crippen MR) is 91.7 cm³/mol. The van der Waals surface area contributed by atoms with Crippen molar-refractivity contribution in [3.8, 4) is 0 Å². The van der Waals surface area contributed by atoms with Crippen molar-refractivity contribution in [1.29, 1.82) is 0 Å². The maximum absolute atomic E-state index is 12.1. The van der Waals surface area contributed by atoms with E-state index < -0.39 is 5.54 Å². The maximum Gasteiger partial charge on any atom is 0.325 e. The molecule has 8 heteroatoms. The summed E-state index contributed by atoms with van der Waals surface area (Å²) in [5.41, 5.74) is -0.806. The van der Waals surface area contributed by atoms with Crippen LogP contribution >= 0.6 is 11.8 Å². The van der Waals surface area contributed by atoms with E-state index >= 15 is 0 Å². The molecule has 1 aliphatic heterocycles. The second-order valence-corrected chi connectivity index (χ2v) is 8.18. The summed E-state index contributed by atoms with van der Waals surface area (Å²) < 4.78 is 0. The smallest absolute Gasteiger partial charge is 0.324 e. The fraction of sp³-hybridized carbons (Fsp3) is 0.750. The molecule has 0 unspecified atom stereocenters. The summed E-state index contributed by atoms with van der Waals surface area (Å²) in [7, 11) is 0. The van der Waals surface area contributed by atoms with Crippen molar-refractivity contribution in [1.82, 2.24) is 25.4 Å². The van der Waals surface area contributed by atoms with E-state index in [-0.39, 0.29) is 11.9 Å². The van der Waals surface area contributed by atoms with Gasteiger partial charge in [0, 0.05) is 18.7 Å². The van der Waals surface area contributed by atoms with Crippen LogP contribution in [0.1, 0.15) is 51.8 Å². The zero-order valence-electron chi connectivity index (χ0n) is 14.3. The lowest BCUT2D eigenvalue weighted by atomic mass is 10.0. The molecule has 7 nitrogen and oxygen atoms in total. The Morgan fingerprint density at radius 3 is 2.71 bits per heavy atom. The number of hydrogen-bond donors (Lipinski definition) is 2. The molecule has 2 aliphatic rings. The number of urea groups is 1. The Balaban J connectivity index is 1.42. The van der Waals surface area contributed by atoms with E-state index in [1.807, 2.05) is 0 Å². The maximum atomic E-state index is 12.1. The molecule has 0 atom stereocenters. The summed E-state index contributed by atoms with van der Waals surface area (Å²) in [5, 5.41) is 10.6. The third-order valence-corrected chi connectivity index (χ3v) is 5.59. The zero-order valence-corrected chi connectivity index (χ0v) is 15.1. The van der Waals surface area contributed by atoms with Gasteiger partial charge >= 0.3 is 6.03 Å². The average molecular weight is 351 g/mol. The molecule has 2 fully saturated rings. The molecule has 24 heavy (non-hydrogen) atoms. The molecule has 0 spiro atoms. The molecule has 0 aromatic carbocycles. The van der Waals surface area contributed by atoms with Gasteiger partial charge in [-0.15, -0.1) is 5.10 Å². The van der Waals surface area contributed by atoms with Crippen molar-refractivity contribution in [3.05, 3.63) is 5.82 Å². The van der Waals surface area contributed by atoms with E-state index in [2.05, 4.69) is 20.5 Å². The number of carbonyl (C=O) groups excluding carboxylic acids is 2. The highest BCUT2D eigenvalue weighted by atomic mass is 32.2. The van der Waals surface area contributed by atoms with Gasteiger partial charge in [-0.3, -0.25) is 14.8 Å². The first-order valence-corrected chi connectivity index (χ1v) is 9.62. The van der Waals surface area contributed by atoms with Crippen LogP contribution in [0.3, 0.4) is 0 Å². The molecule has 1 aliphatic carbocycles. The van der Waals surface area contributed by atoms with Gasteiger partial charge in [0.05, 0.1) is 0 Å². The van der Waals surface area contributed by atoms with Crippen LogP contribution in [0, 0.1) is 5.92 Å². The van der Waals surface area contributed by atoms with Crippen molar-refractivity contribution in [2.45, 2.75) is 63.1 Å². The normalized spacial score (nSPS) is 20.8. The van der Waals surface area contributed by atoms with E-state index in [0.717, 1.165) is 18.2 Å². The van der Waals surface area contributed by atoms with E-state index in [1.54, 1.807) is 13.8 Å². The standard InChI is InChI=1S/C16H25N5O2S/c1-16(2)13(22)21(15(23)18-16)9-10-24-14-17-12(19-20-14)8-7-11-5-3-4-6-11/h11H,3-10H2,1-2H3,(H,18,23)(H,17,19,20). The highest BCUT2D eigenvalue weighted by molar-refractivity contribution is 7.99. The minimum Gasteiger partial charge on any atom is -0.324 e. The number of aryl methyl sites for hydroxylation is 1. The summed E-state index contributed by atoms with van der Waals surface area (Å²) in [6, 6.07) is -0.321. The number of hydrogen-bond acceptors (Lipinski definition) is 5. The van der Waals surface area contributed by atoms with Crippen LogP contribution in [0.5, 0.6) is 0 Å². The Bertz CT molecular complexity index is 609. The number of nitrogens with zero attached hydrogens (tertiary/aromatic N) is 3. The molecule has 132 valence electrons. The van der Waals surface area contributed by atoms with E-state index in [9.17, 15) is 9.59 Å². The Kier molecular flexibility index (Phi) is 5.12. The lowest BCUT2D eigenvalue weighted by Crippen LogP contribution is -2.40. The molecule has 0 radical (unpaired) electrons. The van der Waals surface area contributed by atoms with Crippen LogP contribution in [0.25, 0.3) is 0 Å². The second-order valence-electron chi connectivity index (χ2n) is 7.11. The fourth-order valence-corrected chi connectivity index (χ4v) is 4.08. The predicted octanol–water partition coefficient (Wildman–Crippen LogP) is 2.35. The second kappa shape index (κ2) is 7.13. The molecule has 3 amide bonds. The number of rotatable bonds is 7. The first-order valence-electron chi connectivity index (χ1n) is 8.64. The molecule has 2 N–H and O–H groups in total. The minimum absolute atomic E-state index is 0.180. The largest absolute Gasteiger partial charge is 0.325 e. The van der Waals surface area contributed by atoms with Crippen molar-refractivity contribution in [2.75, 3.05) is 12.3 Å². The third-order valence-electron chi connectivity index (χ3n) is 4.77. The van der Waals surface area contributed by atoms with Gasteiger partial charge in [0.2, 0.25) is 5.16 Å². The number of nitrogens with one attached hydrogen (secondary N) is 2. The SMILES string of the molecule is CC1(C)NC(=O)N(CCSc2n[nH]c(CCC3CCCC3)n2)C1=O. The summed E-state index contributed by atoms with van der Waals surface area (Å²) in [4.78, 5) is 29.7. The average Bonchev–Trinajstić information content (AvgIpc) is 3.22. The number of imide groups is 1. The molecule has 2 heterocycles. The lowest BCUT2D eigenvalue weighted by molar-refractivity contribution is -0.130. The molecule has 1 saturated carbocycles. The van der Waals surface area contributed by atoms with E-state index in [1.165, 1.54) is 48.8 Å². The topological polar surface area (TPSA) is 91.0 Å². The van der Waals surface area contributed by atoms with Gasteiger partial charge in [0.25, 0.3) is 5.91 Å². The zero-order chi connectivity index (χ0) is 17.2. The van der Waals surface area contributed by atoms with Crippen molar-refractivity contribution >= 4 is 23.7 Å². The van der Waals surface area contributed by atoms with Gasteiger partial charge in [-0.05, 0) is 26.2 Å². The molecule has 1 aromatic heterocycles. The van der Waals surface area contributed by atoms with Crippen molar-refractivity contribution in [3.63, 3.8) is 0 Å². The van der Waals surface area contributed by atoms with Crippen LogP contribution in [0.15, 0.2) is 5.16 Å². The van der Waals surface area contributed by atoms with Gasteiger partial charge in [-0.25, -0.2) is 9.78 Å². The Hall–Kier alpha value is -1.57. The van der Waals surface area contributed by atoms with Crippen LogP contribution in [-0.2, 0) is 11.2 Å². The van der Waals surface area contributed by atoms with E-state index in [0.29, 0.717) is 17.5 Å². The number of aromatic nitrogens is 3. The minimum atomic E-state index is -0.806. The van der Waals surface area contributed by atoms with Crippen LogP contribution < -0.4 is 5.32 Å². The van der Waals surface area contributed by atoms with Crippen LogP contribution in [0.4, 0.5) is 4.79 Å². The highest BCUT2D eigenvalue weighted by Gasteiger charge is 2.43. The molecule has 3 rings (SSSR count). The van der Waals surface area contributed by atoms with Crippen molar-refractivity contribution < 1.29 is 9.59 Å². The number of amides is 3. The number of thioether (sulfide) groups is 1. The van der Waals surface area contributed by atoms with E-state index in [4.69, 9.17) is 0 Å². The summed E-state index contributed by atoms with van der Waals surface area (Å²) in [6.07, 6.45) is 7.54. The number of carbonyl (C=O) groups is 2. The van der Waals surface area contributed by atoms with Gasteiger partial charge < -0.3 is 5.32 Å². The lowest BCUT2D eigenvalue weighted by Gasteiger charge is -2.15. The monoisotopic (exact) mass is 351 g/mol. The van der Waals surface area contributed by atoms with Gasteiger partial charge in [-0.2, -0.15) is 0 Å². The fourth-order valence-electron chi connectivity index (χ4n) is 3.34. The molecular formula is C16H25N5O2S. The van der Waals surface area contributed by atoms with Gasteiger partial charge in [0.1, 0.15) is 11.4 Å². The first-order chi connectivity index (χ1) is 11.5. The molecule has 1 saturated heterocycles. The Morgan fingerprint density at radius 2 is 2.04 bits per heavy atom.